The van der Waals surface area contributed by atoms with E-state index in [0.29, 0.717) is 19.4 Å². The highest BCUT2D eigenvalue weighted by atomic mass is 16.3. The van der Waals surface area contributed by atoms with Crippen molar-refractivity contribution >= 4 is 5.91 Å². The number of piperazine rings is 1. The molecule has 0 bridgehead atoms. The summed E-state index contributed by atoms with van der Waals surface area (Å²) in [6.07, 6.45) is 0.986. The van der Waals surface area contributed by atoms with E-state index < -0.39 is 0 Å². The minimum Gasteiger partial charge on any atom is -0.396 e. The summed E-state index contributed by atoms with van der Waals surface area (Å²) in [5.74, 6) is 0.0446. The Labute approximate surface area is 97.4 Å². The molecule has 0 spiro atoms. The van der Waals surface area contributed by atoms with Crippen molar-refractivity contribution in [1.29, 1.82) is 0 Å². The molecule has 1 amide bonds. The van der Waals surface area contributed by atoms with Gasteiger partial charge in [-0.1, -0.05) is 0 Å². The van der Waals surface area contributed by atoms with Crippen molar-refractivity contribution < 1.29 is 9.90 Å². The fourth-order valence-electron chi connectivity index (χ4n) is 1.75. The molecular weight excluding hydrogens is 206 g/mol. The van der Waals surface area contributed by atoms with Crippen LogP contribution < -0.4 is 5.32 Å². The summed E-state index contributed by atoms with van der Waals surface area (Å²) < 4.78 is 0. The van der Waals surface area contributed by atoms with E-state index in [1.54, 1.807) is 0 Å². The number of nitrogens with one attached hydrogen (secondary N) is 1. The molecule has 16 heavy (non-hydrogen) atoms. The maximum absolute atomic E-state index is 11.2. The van der Waals surface area contributed by atoms with Gasteiger partial charge in [-0.2, -0.15) is 0 Å². The molecule has 94 valence electrons. The monoisotopic (exact) mass is 229 g/mol. The number of aliphatic hydroxyl groups is 1. The number of carbonyl (C=O) groups is 1. The molecule has 0 radical (unpaired) electrons. The number of rotatable bonds is 6. The SMILES string of the molecule is CN1CCN(CCNC(=O)CCCO)CC1. The molecule has 2 N–H and O–H groups in total. The summed E-state index contributed by atoms with van der Waals surface area (Å²) in [4.78, 5) is 15.9. The molecule has 1 saturated heterocycles. The highest BCUT2D eigenvalue weighted by Gasteiger charge is 2.12. The van der Waals surface area contributed by atoms with Gasteiger partial charge < -0.3 is 15.3 Å². The van der Waals surface area contributed by atoms with E-state index in [1.165, 1.54) is 0 Å². The molecule has 1 fully saturated rings. The van der Waals surface area contributed by atoms with Crippen LogP contribution >= 0.6 is 0 Å². The number of amides is 1. The van der Waals surface area contributed by atoms with E-state index in [4.69, 9.17) is 5.11 Å². The Morgan fingerprint density at radius 1 is 1.31 bits per heavy atom. The third-order valence-corrected chi connectivity index (χ3v) is 2.91. The van der Waals surface area contributed by atoms with Crippen molar-refractivity contribution in [3.05, 3.63) is 0 Å². The fourth-order valence-corrected chi connectivity index (χ4v) is 1.75. The van der Waals surface area contributed by atoms with E-state index in [9.17, 15) is 4.79 Å². The predicted octanol–water partition coefficient (Wildman–Crippen LogP) is -0.877. The molecule has 0 aliphatic carbocycles. The lowest BCUT2D eigenvalue weighted by Gasteiger charge is -2.32. The molecule has 0 aromatic heterocycles. The van der Waals surface area contributed by atoms with E-state index in [0.717, 1.165) is 32.7 Å². The molecule has 0 aromatic rings. The van der Waals surface area contributed by atoms with Crippen LogP contribution in [0, 0.1) is 0 Å². The molecule has 0 saturated carbocycles. The van der Waals surface area contributed by atoms with Crippen LogP contribution in [-0.2, 0) is 4.79 Å². The molecule has 5 heteroatoms. The predicted molar refractivity (Wildman–Crippen MR) is 63.3 cm³/mol. The Balaban J connectivity index is 2.00. The van der Waals surface area contributed by atoms with Crippen molar-refractivity contribution in [1.82, 2.24) is 15.1 Å². The van der Waals surface area contributed by atoms with Crippen LogP contribution in [0.15, 0.2) is 0 Å². The summed E-state index contributed by atoms with van der Waals surface area (Å²) in [5, 5.41) is 11.4. The van der Waals surface area contributed by atoms with Crippen LogP contribution in [0.3, 0.4) is 0 Å². The van der Waals surface area contributed by atoms with Gasteiger partial charge in [0.15, 0.2) is 0 Å². The van der Waals surface area contributed by atoms with E-state index in [1.807, 2.05) is 0 Å². The quantitative estimate of drug-likeness (QED) is 0.621. The lowest BCUT2D eigenvalue weighted by Crippen LogP contribution is -2.46. The lowest BCUT2D eigenvalue weighted by atomic mass is 10.3. The normalized spacial score (nSPS) is 18.6. The first kappa shape index (κ1) is 13.4. The van der Waals surface area contributed by atoms with E-state index in [-0.39, 0.29) is 12.5 Å². The van der Waals surface area contributed by atoms with Crippen molar-refractivity contribution in [2.75, 3.05) is 52.9 Å². The summed E-state index contributed by atoms with van der Waals surface area (Å²) in [5.41, 5.74) is 0. The van der Waals surface area contributed by atoms with Gasteiger partial charge in [0.2, 0.25) is 5.91 Å². The maximum Gasteiger partial charge on any atom is 0.220 e. The highest BCUT2D eigenvalue weighted by molar-refractivity contribution is 5.75. The fraction of sp³-hybridized carbons (Fsp3) is 0.909. The first-order valence-corrected chi connectivity index (χ1v) is 6.01. The van der Waals surface area contributed by atoms with Gasteiger partial charge in [-0.15, -0.1) is 0 Å². The Hall–Kier alpha value is -0.650. The molecule has 0 atom stereocenters. The molecule has 1 aliphatic heterocycles. The zero-order chi connectivity index (χ0) is 11.8. The third kappa shape index (κ3) is 5.44. The van der Waals surface area contributed by atoms with Crippen molar-refractivity contribution in [3.63, 3.8) is 0 Å². The minimum atomic E-state index is 0.0446. The van der Waals surface area contributed by atoms with Gasteiger partial charge in [-0.05, 0) is 13.5 Å². The number of aliphatic hydroxyl groups excluding tert-OH is 1. The van der Waals surface area contributed by atoms with Crippen molar-refractivity contribution in [2.45, 2.75) is 12.8 Å². The second-order valence-electron chi connectivity index (χ2n) is 4.32. The van der Waals surface area contributed by atoms with E-state index in [2.05, 4.69) is 22.2 Å². The summed E-state index contributed by atoms with van der Waals surface area (Å²) in [6, 6.07) is 0. The molecular formula is C11H23N3O2. The number of likely N-dealkylation sites (N-methyl/N-ethyl adjacent to an activating group) is 1. The topological polar surface area (TPSA) is 55.8 Å². The van der Waals surface area contributed by atoms with Crippen LogP contribution in [0.4, 0.5) is 0 Å². The van der Waals surface area contributed by atoms with Crippen LogP contribution in [-0.4, -0.2) is 73.7 Å². The molecule has 0 unspecified atom stereocenters. The van der Waals surface area contributed by atoms with Gasteiger partial charge in [0, 0.05) is 52.3 Å². The number of hydrogen-bond acceptors (Lipinski definition) is 4. The van der Waals surface area contributed by atoms with Crippen LogP contribution in [0.5, 0.6) is 0 Å². The molecule has 1 heterocycles. The maximum atomic E-state index is 11.2. The lowest BCUT2D eigenvalue weighted by molar-refractivity contribution is -0.121. The second kappa shape index (κ2) is 7.60. The second-order valence-corrected chi connectivity index (χ2v) is 4.32. The van der Waals surface area contributed by atoms with Crippen molar-refractivity contribution in [3.8, 4) is 0 Å². The van der Waals surface area contributed by atoms with Crippen LogP contribution in [0.2, 0.25) is 0 Å². The minimum absolute atomic E-state index is 0.0446. The average Bonchev–Trinajstić information content (AvgIpc) is 2.29. The molecule has 5 nitrogen and oxygen atoms in total. The van der Waals surface area contributed by atoms with Gasteiger partial charge in [0.05, 0.1) is 0 Å². The Morgan fingerprint density at radius 2 is 2.00 bits per heavy atom. The number of nitrogens with zero attached hydrogens (tertiary/aromatic N) is 2. The largest absolute Gasteiger partial charge is 0.396 e. The Bertz CT molecular complexity index is 203. The van der Waals surface area contributed by atoms with Gasteiger partial charge in [0.25, 0.3) is 0 Å². The standard InChI is InChI=1S/C11H23N3O2/c1-13-6-8-14(9-7-13)5-4-12-11(16)3-2-10-15/h15H,2-10H2,1H3,(H,12,16). The summed E-state index contributed by atoms with van der Waals surface area (Å²) >= 11 is 0. The average molecular weight is 229 g/mol. The zero-order valence-corrected chi connectivity index (χ0v) is 10.1. The third-order valence-electron chi connectivity index (χ3n) is 2.91. The Morgan fingerprint density at radius 3 is 2.62 bits per heavy atom. The Kier molecular flexibility index (Phi) is 6.37. The first-order valence-electron chi connectivity index (χ1n) is 6.01. The van der Waals surface area contributed by atoms with Gasteiger partial charge in [-0.25, -0.2) is 0 Å². The van der Waals surface area contributed by atoms with E-state index >= 15 is 0 Å². The number of carbonyl (C=O) groups excluding carboxylic acids is 1. The first-order chi connectivity index (χ1) is 7.72. The molecule has 1 rings (SSSR count). The summed E-state index contributed by atoms with van der Waals surface area (Å²) in [7, 11) is 2.13. The van der Waals surface area contributed by atoms with Gasteiger partial charge in [-0.3, -0.25) is 9.69 Å². The number of hydrogen-bond donors (Lipinski definition) is 2. The van der Waals surface area contributed by atoms with Crippen LogP contribution in [0.25, 0.3) is 0 Å². The van der Waals surface area contributed by atoms with Crippen molar-refractivity contribution in [2.24, 2.45) is 0 Å². The highest BCUT2D eigenvalue weighted by Crippen LogP contribution is 1.97. The van der Waals surface area contributed by atoms with Gasteiger partial charge in [0.1, 0.15) is 0 Å². The van der Waals surface area contributed by atoms with Gasteiger partial charge >= 0.3 is 0 Å². The zero-order valence-electron chi connectivity index (χ0n) is 10.1. The molecule has 0 aromatic carbocycles. The summed E-state index contributed by atoms with van der Waals surface area (Å²) in [6.45, 7) is 6.13. The molecule has 1 aliphatic rings. The smallest absolute Gasteiger partial charge is 0.220 e. The van der Waals surface area contributed by atoms with Crippen LogP contribution in [0.1, 0.15) is 12.8 Å².